The summed E-state index contributed by atoms with van der Waals surface area (Å²) < 4.78 is 0. The van der Waals surface area contributed by atoms with Crippen LogP contribution in [0.25, 0.3) is 0 Å². The summed E-state index contributed by atoms with van der Waals surface area (Å²) in [6, 6.07) is 17.4. The van der Waals surface area contributed by atoms with E-state index in [-0.39, 0.29) is 0 Å². The molecule has 0 unspecified atom stereocenters. The maximum atomic E-state index is 5.92. The lowest BCUT2D eigenvalue weighted by Gasteiger charge is -2.15. The van der Waals surface area contributed by atoms with Gasteiger partial charge in [-0.1, -0.05) is 48.0 Å². The van der Waals surface area contributed by atoms with Gasteiger partial charge >= 0.3 is 0 Å². The molecule has 1 aliphatic rings. The molecule has 0 heterocycles. The minimum atomic E-state index is 0.330. The summed E-state index contributed by atoms with van der Waals surface area (Å²) in [5.41, 5.74) is 4.14. The molecule has 104 valence electrons. The van der Waals surface area contributed by atoms with Gasteiger partial charge in [0.15, 0.2) is 0 Å². The number of hydrogen-bond donors (Lipinski definition) is 1. The van der Waals surface area contributed by atoms with Crippen molar-refractivity contribution in [3.8, 4) is 0 Å². The van der Waals surface area contributed by atoms with Crippen molar-refractivity contribution in [2.45, 2.75) is 38.3 Å². The third-order valence-electron chi connectivity index (χ3n) is 3.98. The Morgan fingerprint density at radius 3 is 2.60 bits per heavy atom. The fraction of sp³-hybridized carbons (Fsp3) is 0.333. The van der Waals surface area contributed by atoms with Gasteiger partial charge in [0.25, 0.3) is 0 Å². The smallest absolute Gasteiger partial charge is 0.0406 e. The van der Waals surface area contributed by atoms with Gasteiger partial charge in [-0.3, -0.25) is 0 Å². The van der Waals surface area contributed by atoms with Crippen molar-refractivity contribution in [1.82, 2.24) is 5.32 Å². The van der Waals surface area contributed by atoms with Crippen molar-refractivity contribution in [3.63, 3.8) is 0 Å². The monoisotopic (exact) mass is 285 g/mol. The van der Waals surface area contributed by atoms with Gasteiger partial charge in [-0.25, -0.2) is 0 Å². The third kappa shape index (κ3) is 3.41. The first-order chi connectivity index (χ1) is 9.72. The van der Waals surface area contributed by atoms with Crippen LogP contribution in [0.15, 0.2) is 48.5 Å². The normalized spacial score (nSPS) is 16.1. The molecule has 1 atom stereocenters. The summed E-state index contributed by atoms with van der Waals surface area (Å²) >= 11 is 5.92. The van der Waals surface area contributed by atoms with Gasteiger partial charge in [-0.2, -0.15) is 0 Å². The van der Waals surface area contributed by atoms with Crippen LogP contribution >= 0.6 is 11.6 Å². The maximum absolute atomic E-state index is 5.92. The standard InChI is InChI=1S/C18H20ClN/c1-13(15-7-9-18(19)10-8-15)20-12-14-3-2-4-17(11-14)16-5-6-16/h2-4,7-11,13,16,20H,5-6,12H2,1H3/t13-/m0/s1. The molecular formula is C18H20ClN. The number of hydrogen-bond acceptors (Lipinski definition) is 1. The summed E-state index contributed by atoms with van der Waals surface area (Å²) in [5, 5.41) is 4.37. The van der Waals surface area contributed by atoms with Gasteiger partial charge in [-0.05, 0) is 54.5 Å². The Hall–Kier alpha value is -1.31. The Morgan fingerprint density at radius 1 is 1.15 bits per heavy atom. The van der Waals surface area contributed by atoms with Crippen molar-refractivity contribution >= 4 is 11.6 Å². The van der Waals surface area contributed by atoms with Crippen LogP contribution in [0.3, 0.4) is 0 Å². The van der Waals surface area contributed by atoms with E-state index in [0.717, 1.165) is 17.5 Å². The van der Waals surface area contributed by atoms with Gasteiger partial charge in [0.2, 0.25) is 0 Å². The van der Waals surface area contributed by atoms with E-state index in [1.165, 1.54) is 29.5 Å². The molecule has 2 heteroatoms. The zero-order valence-corrected chi connectivity index (χ0v) is 12.5. The highest BCUT2D eigenvalue weighted by Crippen LogP contribution is 2.40. The molecule has 1 nitrogen and oxygen atoms in total. The second-order valence-corrected chi connectivity index (χ2v) is 6.11. The van der Waals surface area contributed by atoms with E-state index >= 15 is 0 Å². The molecular weight excluding hydrogens is 266 g/mol. The molecule has 0 aliphatic heterocycles. The fourth-order valence-electron chi connectivity index (χ4n) is 2.51. The molecule has 0 aromatic heterocycles. The van der Waals surface area contributed by atoms with Crippen LogP contribution in [0.1, 0.15) is 48.4 Å². The lowest BCUT2D eigenvalue weighted by Crippen LogP contribution is -2.18. The summed E-state index contributed by atoms with van der Waals surface area (Å²) in [6.07, 6.45) is 2.72. The Bertz CT molecular complexity index is 572. The highest BCUT2D eigenvalue weighted by molar-refractivity contribution is 6.30. The lowest BCUT2D eigenvalue weighted by molar-refractivity contribution is 0.574. The third-order valence-corrected chi connectivity index (χ3v) is 4.23. The SMILES string of the molecule is C[C@H](NCc1cccc(C2CC2)c1)c1ccc(Cl)cc1. The van der Waals surface area contributed by atoms with Crippen molar-refractivity contribution in [2.75, 3.05) is 0 Å². The number of nitrogens with one attached hydrogen (secondary N) is 1. The number of halogens is 1. The number of rotatable bonds is 5. The Balaban J connectivity index is 1.61. The molecule has 20 heavy (non-hydrogen) atoms. The second-order valence-electron chi connectivity index (χ2n) is 5.67. The van der Waals surface area contributed by atoms with Crippen LogP contribution in [-0.2, 0) is 6.54 Å². The summed E-state index contributed by atoms with van der Waals surface area (Å²) in [7, 11) is 0. The second kappa shape index (κ2) is 5.99. The van der Waals surface area contributed by atoms with Crippen LogP contribution in [0.2, 0.25) is 5.02 Å². The average Bonchev–Trinajstić information content (AvgIpc) is 3.30. The molecule has 2 aromatic carbocycles. The average molecular weight is 286 g/mol. The van der Waals surface area contributed by atoms with Crippen molar-refractivity contribution in [2.24, 2.45) is 0 Å². The summed E-state index contributed by atoms with van der Waals surface area (Å²) in [4.78, 5) is 0. The van der Waals surface area contributed by atoms with E-state index in [1.807, 2.05) is 12.1 Å². The lowest BCUT2D eigenvalue weighted by atomic mass is 10.1. The van der Waals surface area contributed by atoms with E-state index in [2.05, 4.69) is 48.6 Å². The van der Waals surface area contributed by atoms with Crippen LogP contribution < -0.4 is 5.32 Å². The van der Waals surface area contributed by atoms with E-state index in [9.17, 15) is 0 Å². The molecule has 1 N–H and O–H groups in total. The first-order valence-electron chi connectivity index (χ1n) is 7.30. The van der Waals surface area contributed by atoms with Crippen molar-refractivity contribution in [3.05, 3.63) is 70.2 Å². The highest BCUT2D eigenvalue weighted by atomic mass is 35.5. The predicted molar refractivity (Wildman–Crippen MR) is 85.1 cm³/mol. The zero-order chi connectivity index (χ0) is 13.9. The summed E-state index contributed by atoms with van der Waals surface area (Å²) in [5.74, 6) is 0.823. The van der Waals surface area contributed by atoms with Gasteiger partial charge in [-0.15, -0.1) is 0 Å². The van der Waals surface area contributed by atoms with Crippen LogP contribution in [0.4, 0.5) is 0 Å². The van der Waals surface area contributed by atoms with Gasteiger partial charge in [0, 0.05) is 17.6 Å². The maximum Gasteiger partial charge on any atom is 0.0406 e. The summed E-state index contributed by atoms with van der Waals surface area (Å²) in [6.45, 7) is 3.10. The molecule has 0 saturated heterocycles. The Morgan fingerprint density at radius 2 is 1.90 bits per heavy atom. The van der Waals surface area contributed by atoms with Gasteiger partial charge in [0.1, 0.15) is 0 Å². The van der Waals surface area contributed by atoms with E-state index < -0.39 is 0 Å². The van der Waals surface area contributed by atoms with E-state index in [1.54, 1.807) is 0 Å². The first-order valence-corrected chi connectivity index (χ1v) is 7.68. The quantitative estimate of drug-likeness (QED) is 0.809. The van der Waals surface area contributed by atoms with E-state index in [4.69, 9.17) is 11.6 Å². The van der Waals surface area contributed by atoms with Crippen LogP contribution in [0.5, 0.6) is 0 Å². The van der Waals surface area contributed by atoms with E-state index in [0.29, 0.717) is 6.04 Å². The van der Waals surface area contributed by atoms with Crippen molar-refractivity contribution < 1.29 is 0 Å². The van der Waals surface area contributed by atoms with Crippen LogP contribution in [-0.4, -0.2) is 0 Å². The van der Waals surface area contributed by atoms with Gasteiger partial charge < -0.3 is 5.32 Å². The molecule has 1 aliphatic carbocycles. The minimum Gasteiger partial charge on any atom is -0.306 e. The molecule has 0 amide bonds. The molecule has 3 rings (SSSR count). The van der Waals surface area contributed by atoms with Gasteiger partial charge in [0.05, 0.1) is 0 Å². The van der Waals surface area contributed by atoms with Crippen LogP contribution in [0, 0.1) is 0 Å². The molecule has 0 bridgehead atoms. The van der Waals surface area contributed by atoms with Crippen molar-refractivity contribution in [1.29, 1.82) is 0 Å². The molecule has 0 spiro atoms. The topological polar surface area (TPSA) is 12.0 Å². The molecule has 0 radical (unpaired) electrons. The zero-order valence-electron chi connectivity index (χ0n) is 11.8. The predicted octanol–water partition coefficient (Wildman–Crippen LogP) is 5.07. The fourth-order valence-corrected chi connectivity index (χ4v) is 2.64. The largest absolute Gasteiger partial charge is 0.306 e. The Kier molecular flexibility index (Phi) is 4.09. The highest BCUT2D eigenvalue weighted by Gasteiger charge is 2.23. The first kappa shape index (κ1) is 13.7. The molecule has 1 fully saturated rings. The minimum absolute atomic E-state index is 0.330. The molecule has 2 aromatic rings. The Labute approximate surface area is 126 Å². The molecule has 1 saturated carbocycles. The number of benzene rings is 2.